The van der Waals surface area contributed by atoms with E-state index < -0.39 is 0 Å². The lowest BCUT2D eigenvalue weighted by Crippen LogP contribution is -2.23. The zero-order valence-electron chi connectivity index (χ0n) is 17.6. The Kier molecular flexibility index (Phi) is 6.64. The summed E-state index contributed by atoms with van der Waals surface area (Å²) in [5.41, 5.74) is 3.52. The molecule has 0 saturated carbocycles. The number of halogens is 1. The van der Waals surface area contributed by atoms with E-state index in [1.54, 1.807) is 0 Å². The molecule has 0 aliphatic heterocycles. The Labute approximate surface area is 191 Å². The van der Waals surface area contributed by atoms with Crippen molar-refractivity contribution in [1.29, 1.82) is 0 Å². The summed E-state index contributed by atoms with van der Waals surface area (Å²) >= 11 is 7.51. The van der Waals surface area contributed by atoms with E-state index in [0.717, 1.165) is 28.4 Å². The van der Waals surface area contributed by atoms with Crippen molar-refractivity contribution in [1.82, 2.24) is 14.5 Å². The number of rotatable bonds is 7. The smallest absolute Gasteiger partial charge is 0.281 e. The largest absolute Gasteiger partial charge is 0.329 e. The Balaban J connectivity index is 1.72. The number of hydrogen-bond acceptors (Lipinski definition) is 4. The molecule has 2 aromatic heterocycles. The first-order valence-corrected chi connectivity index (χ1v) is 11.5. The van der Waals surface area contributed by atoms with E-state index in [2.05, 4.69) is 33.6 Å². The molecular formula is C25H24ClN3OS. The second-order valence-electron chi connectivity index (χ2n) is 7.69. The average Bonchev–Trinajstić information content (AvgIpc) is 3.22. The lowest BCUT2D eigenvalue weighted by atomic mass is 10.0. The molecule has 0 aliphatic carbocycles. The van der Waals surface area contributed by atoms with Crippen LogP contribution in [0.5, 0.6) is 0 Å². The number of hydrogen-bond donors (Lipinski definition) is 0. The van der Waals surface area contributed by atoms with Crippen LogP contribution in [0.4, 0.5) is 0 Å². The molecule has 1 atom stereocenters. The molecule has 1 unspecified atom stereocenters. The maximum atomic E-state index is 13.0. The minimum absolute atomic E-state index is 0.170. The molecule has 0 bridgehead atoms. The van der Waals surface area contributed by atoms with Crippen LogP contribution in [0.25, 0.3) is 11.1 Å². The van der Waals surface area contributed by atoms with E-state index in [0.29, 0.717) is 28.9 Å². The van der Waals surface area contributed by atoms with Crippen LogP contribution in [0.2, 0.25) is 4.47 Å². The fraction of sp³-hybridized carbons (Fsp3) is 0.240. The molecule has 2 aromatic carbocycles. The van der Waals surface area contributed by atoms with Crippen LogP contribution in [-0.2, 0) is 13.0 Å². The molecule has 4 nitrogen and oxygen atoms in total. The summed E-state index contributed by atoms with van der Waals surface area (Å²) in [5, 5.41) is 0. The molecule has 4 aromatic rings. The van der Waals surface area contributed by atoms with Gasteiger partial charge < -0.3 is 4.57 Å². The lowest BCUT2D eigenvalue weighted by Gasteiger charge is -2.20. The summed E-state index contributed by atoms with van der Waals surface area (Å²) in [6.45, 7) is 4.86. The van der Waals surface area contributed by atoms with Crippen molar-refractivity contribution in [2.45, 2.75) is 39.2 Å². The van der Waals surface area contributed by atoms with Gasteiger partial charge in [-0.25, -0.2) is 4.98 Å². The second-order valence-corrected chi connectivity index (χ2v) is 9.33. The SMILES string of the molecule is Cc1c(-c2ccccc2)c(=O)nc(CCC(C)c2cnc(Cl)s2)n1Cc1ccccc1. The first kappa shape index (κ1) is 21.5. The van der Waals surface area contributed by atoms with Gasteiger partial charge in [0, 0.05) is 29.7 Å². The van der Waals surface area contributed by atoms with Crippen LogP contribution < -0.4 is 5.56 Å². The molecule has 0 fully saturated rings. The summed E-state index contributed by atoms with van der Waals surface area (Å²) in [7, 11) is 0. The van der Waals surface area contributed by atoms with Gasteiger partial charge in [0.2, 0.25) is 0 Å². The fourth-order valence-corrected chi connectivity index (χ4v) is 4.84. The van der Waals surface area contributed by atoms with E-state index in [-0.39, 0.29) is 5.56 Å². The van der Waals surface area contributed by atoms with E-state index in [9.17, 15) is 4.79 Å². The molecule has 31 heavy (non-hydrogen) atoms. The second kappa shape index (κ2) is 9.58. The molecule has 158 valence electrons. The average molecular weight is 450 g/mol. The van der Waals surface area contributed by atoms with Gasteiger partial charge in [-0.15, -0.1) is 11.3 Å². The molecule has 0 amide bonds. The first-order chi connectivity index (χ1) is 15.0. The number of aryl methyl sites for hydroxylation is 1. The van der Waals surface area contributed by atoms with Gasteiger partial charge in [0.25, 0.3) is 5.56 Å². The van der Waals surface area contributed by atoms with Crippen molar-refractivity contribution < 1.29 is 0 Å². The van der Waals surface area contributed by atoms with Gasteiger partial charge in [0.1, 0.15) is 5.82 Å². The summed E-state index contributed by atoms with van der Waals surface area (Å²) in [6, 6.07) is 20.1. The third-order valence-electron chi connectivity index (χ3n) is 5.55. The third-order valence-corrected chi connectivity index (χ3v) is 6.90. The highest BCUT2D eigenvalue weighted by Crippen LogP contribution is 2.29. The minimum atomic E-state index is -0.170. The quantitative estimate of drug-likeness (QED) is 0.342. The van der Waals surface area contributed by atoms with E-state index in [1.165, 1.54) is 16.9 Å². The molecule has 0 radical (unpaired) electrons. The summed E-state index contributed by atoms with van der Waals surface area (Å²) in [4.78, 5) is 22.9. The van der Waals surface area contributed by atoms with E-state index in [1.807, 2.05) is 61.7 Å². The van der Waals surface area contributed by atoms with Crippen molar-refractivity contribution >= 4 is 22.9 Å². The van der Waals surface area contributed by atoms with Crippen molar-refractivity contribution in [2.24, 2.45) is 0 Å². The predicted molar refractivity (Wildman–Crippen MR) is 128 cm³/mol. The van der Waals surface area contributed by atoms with Crippen molar-refractivity contribution in [2.75, 3.05) is 0 Å². The van der Waals surface area contributed by atoms with Crippen LogP contribution in [0.15, 0.2) is 71.7 Å². The van der Waals surface area contributed by atoms with Crippen molar-refractivity contribution in [3.63, 3.8) is 0 Å². The van der Waals surface area contributed by atoms with Crippen LogP contribution in [0, 0.1) is 6.92 Å². The van der Waals surface area contributed by atoms with Crippen molar-refractivity contribution in [3.05, 3.63) is 104 Å². The van der Waals surface area contributed by atoms with Crippen LogP contribution in [-0.4, -0.2) is 14.5 Å². The highest BCUT2D eigenvalue weighted by molar-refractivity contribution is 7.15. The van der Waals surface area contributed by atoms with Gasteiger partial charge >= 0.3 is 0 Å². The number of benzene rings is 2. The minimum Gasteiger partial charge on any atom is -0.329 e. The maximum Gasteiger partial charge on any atom is 0.281 e. The van der Waals surface area contributed by atoms with E-state index >= 15 is 0 Å². The van der Waals surface area contributed by atoms with Crippen LogP contribution >= 0.6 is 22.9 Å². The van der Waals surface area contributed by atoms with Crippen LogP contribution in [0.3, 0.4) is 0 Å². The van der Waals surface area contributed by atoms with Gasteiger partial charge in [-0.2, -0.15) is 4.98 Å². The van der Waals surface area contributed by atoms with Crippen LogP contribution in [0.1, 0.15) is 41.2 Å². The summed E-state index contributed by atoms with van der Waals surface area (Å²) in [5.74, 6) is 1.11. The summed E-state index contributed by atoms with van der Waals surface area (Å²) < 4.78 is 2.75. The number of aromatic nitrogens is 3. The molecule has 2 heterocycles. The molecule has 4 rings (SSSR count). The van der Waals surface area contributed by atoms with Gasteiger partial charge in [0.05, 0.1) is 5.56 Å². The number of thiazole rings is 1. The van der Waals surface area contributed by atoms with Gasteiger partial charge in [-0.1, -0.05) is 79.2 Å². The van der Waals surface area contributed by atoms with Gasteiger partial charge in [0.15, 0.2) is 4.47 Å². The van der Waals surface area contributed by atoms with E-state index in [4.69, 9.17) is 11.6 Å². The Morgan fingerprint density at radius 3 is 2.39 bits per heavy atom. The zero-order chi connectivity index (χ0) is 21.8. The topological polar surface area (TPSA) is 47.8 Å². The molecule has 0 saturated heterocycles. The fourth-order valence-electron chi connectivity index (χ4n) is 3.80. The Morgan fingerprint density at radius 2 is 1.74 bits per heavy atom. The lowest BCUT2D eigenvalue weighted by molar-refractivity contribution is 0.605. The highest BCUT2D eigenvalue weighted by Gasteiger charge is 2.17. The molecule has 6 heteroatoms. The standard InChI is InChI=1S/C25H24ClN3OS/c1-17(21-15-27-25(26)31-21)13-14-22-28-24(30)23(20-11-7-4-8-12-20)18(2)29(22)16-19-9-5-3-6-10-19/h3-12,15,17H,13-14,16H2,1-2H3. The normalized spacial score (nSPS) is 12.1. The Morgan fingerprint density at radius 1 is 1.06 bits per heavy atom. The molecule has 0 spiro atoms. The Bertz CT molecular complexity index is 1220. The first-order valence-electron chi connectivity index (χ1n) is 10.3. The third kappa shape index (κ3) is 4.94. The maximum absolute atomic E-state index is 13.0. The summed E-state index contributed by atoms with van der Waals surface area (Å²) in [6.07, 6.45) is 3.41. The monoisotopic (exact) mass is 449 g/mol. The highest BCUT2D eigenvalue weighted by atomic mass is 35.5. The zero-order valence-corrected chi connectivity index (χ0v) is 19.2. The van der Waals surface area contributed by atoms with Gasteiger partial charge in [-0.3, -0.25) is 4.79 Å². The Hall–Kier alpha value is -2.76. The molecule has 0 N–H and O–H groups in total. The molecule has 0 aliphatic rings. The number of nitrogens with zero attached hydrogens (tertiary/aromatic N) is 3. The van der Waals surface area contributed by atoms with Gasteiger partial charge in [-0.05, 0) is 30.4 Å². The van der Waals surface area contributed by atoms with Crippen molar-refractivity contribution in [3.8, 4) is 11.1 Å². The molecular weight excluding hydrogens is 426 g/mol. The predicted octanol–water partition coefficient (Wildman–Crippen LogP) is 6.11.